The Hall–Kier alpha value is -2.30. The average molecular weight is 289 g/mol. The summed E-state index contributed by atoms with van der Waals surface area (Å²) in [6.07, 6.45) is 3.69. The molecule has 0 fully saturated rings. The minimum atomic E-state index is -0.627. The van der Waals surface area contributed by atoms with E-state index in [1.807, 2.05) is 49.4 Å². The van der Waals surface area contributed by atoms with Crippen molar-refractivity contribution in [3.63, 3.8) is 0 Å². The SMILES string of the molecule is COC(=O)[C@H]1CC=C[C@H](C)N1C(=O)OCc1ccccc1. The minimum Gasteiger partial charge on any atom is -0.467 e. The third-order valence-electron chi connectivity index (χ3n) is 3.44. The maximum Gasteiger partial charge on any atom is 0.411 e. The number of hydrogen-bond donors (Lipinski definition) is 0. The zero-order chi connectivity index (χ0) is 15.2. The first-order valence-corrected chi connectivity index (χ1v) is 6.87. The molecule has 1 aromatic carbocycles. The molecule has 0 spiro atoms. The van der Waals surface area contributed by atoms with Gasteiger partial charge in [0.1, 0.15) is 12.6 Å². The van der Waals surface area contributed by atoms with Gasteiger partial charge in [-0.1, -0.05) is 42.5 Å². The smallest absolute Gasteiger partial charge is 0.411 e. The van der Waals surface area contributed by atoms with Crippen LogP contribution in [0.4, 0.5) is 4.79 Å². The maximum atomic E-state index is 12.3. The fraction of sp³-hybridized carbons (Fsp3) is 0.375. The zero-order valence-corrected chi connectivity index (χ0v) is 12.2. The van der Waals surface area contributed by atoms with E-state index < -0.39 is 18.1 Å². The number of amides is 1. The fourth-order valence-corrected chi connectivity index (χ4v) is 2.33. The number of ether oxygens (including phenoxy) is 2. The largest absolute Gasteiger partial charge is 0.467 e. The zero-order valence-electron chi connectivity index (χ0n) is 12.2. The highest BCUT2D eigenvalue weighted by Gasteiger charge is 2.35. The van der Waals surface area contributed by atoms with Gasteiger partial charge in [0, 0.05) is 0 Å². The van der Waals surface area contributed by atoms with Crippen molar-refractivity contribution in [2.45, 2.75) is 32.0 Å². The topological polar surface area (TPSA) is 55.8 Å². The van der Waals surface area contributed by atoms with Gasteiger partial charge in [-0.2, -0.15) is 0 Å². The van der Waals surface area contributed by atoms with Gasteiger partial charge in [0.05, 0.1) is 13.2 Å². The Morgan fingerprint density at radius 1 is 1.29 bits per heavy atom. The number of rotatable bonds is 3. The molecular weight excluding hydrogens is 270 g/mol. The van der Waals surface area contributed by atoms with Crippen molar-refractivity contribution in [3.8, 4) is 0 Å². The number of esters is 1. The van der Waals surface area contributed by atoms with Crippen LogP contribution in [-0.4, -0.2) is 36.2 Å². The fourth-order valence-electron chi connectivity index (χ4n) is 2.33. The molecule has 1 aliphatic rings. The first kappa shape index (κ1) is 15.1. The summed E-state index contributed by atoms with van der Waals surface area (Å²) in [5.41, 5.74) is 0.903. The molecule has 5 heteroatoms. The van der Waals surface area contributed by atoms with E-state index in [9.17, 15) is 9.59 Å². The lowest BCUT2D eigenvalue weighted by Gasteiger charge is -2.34. The van der Waals surface area contributed by atoms with Crippen LogP contribution < -0.4 is 0 Å². The predicted octanol–water partition coefficient (Wildman–Crippen LogP) is 2.52. The van der Waals surface area contributed by atoms with E-state index in [2.05, 4.69) is 0 Å². The van der Waals surface area contributed by atoms with Crippen LogP contribution in [0.1, 0.15) is 18.9 Å². The third-order valence-corrected chi connectivity index (χ3v) is 3.44. The molecule has 21 heavy (non-hydrogen) atoms. The second-order valence-corrected chi connectivity index (χ2v) is 4.89. The molecule has 0 saturated heterocycles. The van der Waals surface area contributed by atoms with Crippen molar-refractivity contribution in [2.75, 3.05) is 7.11 Å². The first-order valence-electron chi connectivity index (χ1n) is 6.87. The van der Waals surface area contributed by atoms with E-state index >= 15 is 0 Å². The standard InChI is InChI=1S/C16H19NO4/c1-12-7-6-10-14(15(18)20-2)17(12)16(19)21-11-13-8-4-3-5-9-13/h3-9,12,14H,10-11H2,1-2H3/t12-,14+/m0/s1. The molecule has 0 bridgehead atoms. The van der Waals surface area contributed by atoms with Crippen LogP contribution in [-0.2, 0) is 20.9 Å². The van der Waals surface area contributed by atoms with E-state index in [0.717, 1.165) is 5.56 Å². The molecule has 0 radical (unpaired) electrons. The molecule has 1 aromatic rings. The Balaban J connectivity index is 2.04. The van der Waals surface area contributed by atoms with Crippen molar-refractivity contribution >= 4 is 12.1 Å². The van der Waals surface area contributed by atoms with Crippen LogP contribution in [0.15, 0.2) is 42.5 Å². The molecule has 0 aliphatic carbocycles. The third kappa shape index (κ3) is 3.62. The average Bonchev–Trinajstić information content (AvgIpc) is 2.52. The Kier molecular flexibility index (Phi) is 4.98. The molecule has 0 saturated carbocycles. The van der Waals surface area contributed by atoms with E-state index in [0.29, 0.717) is 6.42 Å². The van der Waals surface area contributed by atoms with Crippen LogP contribution in [0.5, 0.6) is 0 Å². The minimum absolute atomic E-state index is 0.181. The van der Waals surface area contributed by atoms with E-state index in [-0.39, 0.29) is 12.6 Å². The highest BCUT2D eigenvalue weighted by atomic mass is 16.6. The Morgan fingerprint density at radius 3 is 2.67 bits per heavy atom. The number of methoxy groups -OCH3 is 1. The highest BCUT2D eigenvalue weighted by molar-refractivity contribution is 5.82. The van der Waals surface area contributed by atoms with Gasteiger partial charge < -0.3 is 9.47 Å². The number of carbonyl (C=O) groups is 2. The van der Waals surface area contributed by atoms with E-state index in [1.54, 1.807) is 0 Å². The monoisotopic (exact) mass is 289 g/mol. The van der Waals surface area contributed by atoms with Crippen molar-refractivity contribution in [2.24, 2.45) is 0 Å². The Bertz CT molecular complexity index is 526. The normalized spacial score (nSPS) is 21.0. The second-order valence-electron chi connectivity index (χ2n) is 4.89. The van der Waals surface area contributed by atoms with Gasteiger partial charge in [-0.15, -0.1) is 0 Å². The molecule has 1 heterocycles. The molecule has 1 amide bonds. The summed E-state index contributed by atoms with van der Waals surface area (Å²) in [5, 5.41) is 0. The lowest BCUT2D eigenvalue weighted by atomic mass is 10.0. The molecule has 2 atom stereocenters. The van der Waals surface area contributed by atoms with E-state index in [1.165, 1.54) is 12.0 Å². The summed E-state index contributed by atoms with van der Waals surface area (Å²) in [4.78, 5) is 25.5. The van der Waals surface area contributed by atoms with Gasteiger partial charge in [0.2, 0.25) is 0 Å². The summed E-state index contributed by atoms with van der Waals surface area (Å²) in [6.45, 7) is 2.02. The van der Waals surface area contributed by atoms with Crippen molar-refractivity contribution in [3.05, 3.63) is 48.0 Å². The number of carbonyl (C=O) groups excluding carboxylic acids is 2. The van der Waals surface area contributed by atoms with Crippen LogP contribution in [0.2, 0.25) is 0 Å². The summed E-state index contributed by atoms with van der Waals surface area (Å²) < 4.78 is 10.1. The molecule has 112 valence electrons. The summed E-state index contributed by atoms with van der Waals surface area (Å²) >= 11 is 0. The number of hydrogen-bond acceptors (Lipinski definition) is 4. The van der Waals surface area contributed by atoms with E-state index in [4.69, 9.17) is 9.47 Å². The van der Waals surface area contributed by atoms with Gasteiger partial charge >= 0.3 is 12.1 Å². The van der Waals surface area contributed by atoms with Gasteiger partial charge in [-0.05, 0) is 18.9 Å². The van der Waals surface area contributed by atoms with Gasteiger partial charge in [0.25, 0.3) is 0 Å². The van der Waals surface area contributed by atoms with Crippen LogP contribution >= 0.6 is 0 Å². The molecular formula is C16H19NO4. The number of nitrogens with zero attached hydrogens (tertiary/aromatic N) is 1. The summed E-state index contributed by atoms with van der Waals surface area (Å²) in [6, 6.07) is 8.59. The van der Waals surface area contributed by atoms with Gasteiger partial charge in [-0.25, -0.2) is 9.59 Å². The maximum absolute atomic E-state index is 12.3. The molecule has 0 N–H and O–H groups in total. The van der Waals surface area contributed by atoms with Gasteiger partial charge in [-0.3, -0.25) is 4.90 Å². The predicted molar refractivity (Wildman–Crippen MR) is 77.5 cm³/mol. The Morgan fingerprint density at radius 2 is 2.00 bits per heavy atom. The van der Waals surface area contributed by atoms with Crippen molar-refractivity contribution in [1.82, 2.24) is 4.90 Å². The van der Waals surface area contributed by atoms with Crippen molar-refractivity contribution in [1.29, 1.82) is 0 Å². The molecule has 0 unspecified atom stereocenters. The lowest BCUT2D eigenvalue weighted by Crippen LogP contribution is -2.51. The summed E-state index contributed by atoms with van der Waals surface area (Å²) in [5.74, 6) is -0.428. The quantitative estimate of drug-likeness (QED) is 0.634. The van der Waals surface area contributed by atoms with Crippen molar-refractivity contribution < 1.29 is 19.1 Å². The lowest BCUT2D eigenvalue weighted by molar-refractivity contribution is -0.147. The van der Waals surface area contributed by atoms with Crippen LogP contribution in [0, 0.1) is 0 Å². The highest BCUT2D eigenvalue weighted by Crippen LogP contribution is 2.20. The summed E-state index contributed by atoms with van der Waals surface area (Å²) in [7, 11) is 1.32. The molecule has 1 aliphatic heterocycles. The molecule has 0 aromatic heterocycles. The first-order chi connectivity index (χ1) is 10.1. The van der Waals surface area contributed by atoms with Crippen LogP contribution in [0.25, 0.3) is 0 Å². The molecule has 5 nitrogen and oxygen atoms in total. The van der Waals surface area contributed by atoms with Crippen LogP contribution in [0.3, 0.4) is 0 Å². The Labute approximate surface area is 124 Å². The van der Waals surface area contributed by atoms with Gasteiger partial charge in [0.15, 0.2) is 0 Å². The molecule has 2 rings (SSSR count). The number of benzene rings is 1. The second kappa shape index (κ2) is 6.92.